The van der Waals surface area contributed by atoms with E-state index in [0.29, 0.717) is 6.54 Å². The lowest BCUT2D eigenvalue weighted by molar-refractivity contribution is 0.566. The zero-order valence-electron chi connectivity index (χ0n) is 10.5. The van der Waals surface area contributed by atoms with E-state index in [1.165, 1.54) is 24.3 Å². The van der Waals surface area contributed by atoms with E-state index in [0.717, 1.165) is 15.6 Å². The van der Waals surface area contributed by atoms with Gasteiger partial charge in [-0.05, 0) is 48.4 Å². The fourth-order valence-corrected chi connectivity index (χ4v) is 2.37. The highest BCUT2D eigenvalue weighted by atomic mass is 79.9. The average Bonchev–Trinajstić information content (AvgIpc) is 2.36. The van der Waals surface area contributed by atoms with E-state index >= 15 is 0 Å². The highest BCUT2D eigenvalue weighted by molar-refractivity contribution is 9.10. The molecule has 0 radical (unpaired) electrons. The standard InChI is InChI=1S/C15H14BrF2N/c1-10(12-2-4-14(17)5-3-12)19-9-11-6-13(16)8-15(18)7-11/h2-8,10,19H,9H2,1H3/t10-/m1/s1. The average molecular weight is 326 g/mol. The summed E-state index contributed by atoms with van der Waals surface area (Å²) in [5.74, 6) is -0.509. The molecule has 0 amide bonds. The first-order valence-corrected chi connectivity index (χ1v) is 6.78. The molecule has 0 spiro atoms. The van der Waals surface area contributed by atoms with Crippen LogP contribution < -0.4 is 5.32 Å². The number of hydrogen-bond acceptors (Lipinski definition) is 1. The van der Waals surface area contributed by atoms with E-state index in [2.05, 4.69) is 21.2 Å². The Morgan fingerprint density at radius 1 is 1.05 bits per heavy atom. The third-order valence-corrected chi connectivity index (χ3v) is 3.36. The van der Waals surface area contributed by atoms with Crippen LogP contribution in [0, 0.1) is 11.6 Å². The molecule has 0 aliphatic carbocycles. The van der Waals surface area contributed by atoms with Crippen molar-refractivity contribution in [1.29, 1.82) is 0 Å². The Bertz CT molecular complexity index is 534. The van der Waals surface area contributed by atoms with E-state index in [1.807, 2.05) is 13.0 Å². The molecule has 0 aliphatic heterocycles. The Labute approximate surface area is 119 Å². The number of nitrogens with one attached hydrogen (secondary N) is 1. The van der Waals surface area contributed by atoms with E-state index in [9.17, 15) is 8.78 Å². The van der Waals surface area contributed by atoms with Gasteiger partial charge in [-0.1, -0.05) is 28.1 Å². The molecule has 0 aromatic heterocycles. The van der Waals surface area contributed by atoms with Gasteiger partial charge in [0, 0.05) is 17.1 Å². The van der Waals surface area contributed by atoms with Gasteiger partial charge in [0.15, 0.2) is 0 Å². The normalized spacial score (nSPS) is 12.4. The van der Waals surface area contributed by atoms with Gasteiger partial charge >= 0.3 is 0 Å². The monoisotopic (exact) mass is 325 g/mol. The zero-order valence-corrected chi connectivity index (χ0v) is 12.0. The smallest absolute Gasteiger partial charge is 0.124 e. The number of halogens is 3. The molecule has 2 rings (SSSR count). The Morgan fingerprint density at radius 3 is 2.37 bits per heavy atom. The quantitative estimate of drug-likeness (QED) is 0.867. The molecule has 0 saturated heterocycles. The van der Waals surface area contributed by atoms with Crippen LogP contribution in [-0.4, -0.2) is 0 Å². The molecule has 0 heterocycles. The van der Waals surface area contributed by atoms with E-state index in [4.69, 9.17) is 0 Å². The summed E-state index contributed by atoms with van der Waals surface area (Å²) in [5.41, 5.74) is 1.86. The molecule has 0 bridgehead atoms. The lowest BCUT2D eigenvalue weighted by Gasteiger charge is -2.14. The fraction of sp³-hybridized carbons (Fsp3) is 0.200. The molecule has 0 fully saturated rings. The fourth-order valence-electron chi connectivity index (χ4n) is 1.85. The molecule has 19 heavy (non-hydrogen) atoms. The predicted molar refractivity (Wildman–Crippen MR) is 75.8 cm³/mol. The number of hydrogen-bond donors (Lipinski definition) is 1. The second-order valence-corrected chi connectivity index (χ2v) is 5.35. The summed E-state index contributed by atoms with van der Waals surface area (Å²) in [6, 6.07) is 11.2. The number of benzene rings is 2. The summed E-state index contributed by atoms with van der Waals surface area (Å²) in [5, 5.41) is 3.28. The highest BCUT2D eigenvalue weighted by Gasteiger charge is 2.06. The van der Waals surface area contributed by atoms with Crippen LogP contribution in [0.5, 0.6) is 0 Å². The summed E-state index contributed by atoms with van der Waals surface area (Å²) >= 11 is 3.26. The molecule has 2 aromatic carbocycles. The van der Waals surface area contributed by atoms with Gasteiger partial charge in [0.05, 0.1) is 0 Å². The van der Waals surface area contributed by atoms with Crippen LogP contribution in [0.4, 0.5) is 8.78 Å². The first-order chi connectivity index (χ1) is 9.04. The maximum absolute atomic E-state index is 13.2. The minimum atomic E-state index is -0.263. The maximum atomic E-state index is 13.2. The van der Waals surface area contributed by atoms with Gasteiger partial charge in [-0.15, -0.1) is 0 Å². The second kappa shape index (κ2) is 6.26. The van der Waals surface area contributed by atoms with Crippen LogP contribution in [0.2, 0.25) is 0 Å². The van der Waals surface area contributed by atoms with Crippen molar-refractivity contribution in [2.75, 3.05) is 0 Å². The van der Waals surface area contributed by atoms with Crippen molar-refractivity contribution in [1.82, 2.24) is 5.32 Å². The summed E-state index contributed by atoms with van der Waals surface area (Å²) in [7, 11) is 0. The third kappa shape index (κ3) is 4.11. The first kappa shape index (κ1) is 14.2. The largest absolute Gasteiger partial charge is 0.306 e. The molecule has 0 saturated carbocycles. The summed E-state index contributed by atoms with van der Waals surface area (Å²) in [4.78, 5) is 0. The van der Waals surface area contributed by atoms with Crippen LogP contribution in [0.15, 0.2) is 46.9 Å². The minimum Gasteiger partial charge on any atom is -0.306 e. The molecule has 4 heteroatoms. The van der Waals surface area contributed by atoms with Gasteiger partial charge in [0.25, 0.3) is 0 Å². The third-order valence-electron chi connectivity index (χ3n) is 2.90. The molecule has 0 unspecified atom stereocenters. The van der Waals surface area contributed by atoms with Gasteiger partial charge < -0.3 is 5.32 Å². The van der Waals surface area contributed by atoms with E-state index < -0.39 is 0 Å². The summed E-state index contributed by atoms with van der Waals surface area (Å²) in [6.45, 7) is 2.54. The lowest BCUT2D eigenvalue weighted by atomic mass is 10.1. The van der Waals surface area contributed by atoms with Gasteiger partial charge in [-0.2, -0.15) is 0 Å². The lowest BCUT2D eigenvalue weighted by Crippen LogP contribution is -2.18. The molecule has 100 valence electrons. The van der Waals surface area contributed by atoms with Crippen molar-refractivity contribution in [3.63, 3.8) is 0 Å². The Hall–Kier alpha value is -1.26. The summed E-state index contributed by atoms with van der Waals surface area (Å²) in [6.07, 6.45) is 0. The van der Waals surface area contributed by atoms with Crippen LogP contribution in [0.1, 0.15) is 24.1 Å². The van der Waals surface area contributed by atoms with Crippen molar-refractivity contribution in [3.05, 3.63) is 69.7 Å². The maximum Gasteiger partial charge on any atom is 0.124 e. The van der Waals surface area contributed by atoms with Gasteiger partial charge in [-0.3, -0.25) is 0 Å². The molecule has 1 N–H and O–H groups in total. The Kier molecular flexibility index (Phi) is 4.66. The summed E-state index contributed by atoms with van der Waals surface area (Å²) < 4.78 is 26.8. The van der Waals surface area contributed by atoms with E-state index in [1.54, 1.807) is 12.1 Å². The zero-order chi connectivity index (χ0) is 13.8. The van der Waals surface area contributed by atoms with Crippen LogP contribution in [0.3, 0.4) is 0 Å². The second-order valence-electron chi connectivity index (χ2n) is 4.43. The van der Waals surface area contributed by atoms with E-state index in [-0.39, 0.29) is 17.7 Å². The van der Waals surface area contributed by atoms with Crippen molar-refractivity contribution in [2.45, 2.75) is 19.5 Å². The Morgan fingerprint density at radius 2 is 1.74 bits per heavy atom. The van der Waals surface area contributed by atoms with Crippen molar-refractivity contribution in [3.8, 4) is 0 Å². The predicted octanol–water partition coefficient (Wildman–Crippen LogP) is 4.58. The topological polar surface area (TPSA) is 12.0 Å². The number of rotatable bonds is 4. The van der Waals surface area contributed by atoms with Gasteiger partial charge in [-0.25, -0.2) is 8.78 Å². The van der Waals surface area contributed by atoms with Crippen molar-refractivity contribution >= 4 is 15.9 Å². The highest BCUT2D eigenvalue weighted by Crippen LogP contribution is 2.17. The van der Waals surface area contributed by atoms with Crippen molar-refractivity contribution < 1.29 is 8.78 Å². The molecule has 1 nitrogen and oxygen atoms in total. The van der Waals surface area contributed by atoms with Crippen LogP contribution in [-0.2, 0) is 6.54 Å². The van der Waals surface area contributed by atoms with Crippen LogP contribution in [0.25, 0.3) is 0 Å². The molecular formula is C15H14BrF2N. The van der Waals surface area contributed by atoms with Gasteiger partial charge in [0.2, 0.25) is 0 Å². The molecule has 0 aliphatic rings. The molecular weight excluding hydrogens is 312 g/mol. The first-order valence-electron chi connectivity index (χ1n) is 5.98. The molecule has 2 aromatic rings. The van der Waals surface area contributed by atoms with Crippen molar-refractivity contribution in [2.24, 2.45) is 0 Å². The van der Waals surface area contributed by atoms with Gasteiger partial charge in [0.1, 0.15) is 11.6 Å². The minimum absolute atomic E-state index is 0.0719. The van der Waals surface area contributed by atoms with Crippen LogP contribution >= 0.6 is 15.9 Å². The molecule has 1 atom stereocenters. The Balaban J connectivity index is 1.99. The SMILES string of the molecule is C[C@@H](NCc1cc(F)cc(Br)c1)c1ccc(F)cc1.